The van der Waals surface area contributed by atoms with Crippen molar-refractivity contribution in [2.75, 3.05) is 20.3 Å². The van der Waals surface area contributed by atoms with E-state index in [1.165, 1.54) is 27.9 Å². The van der Waals surface area contributed by atoms with Crippen LogP contribution in [0, 0.1) is 5.92 Å². The number of fused-ring (bicyclic) bond motifs is 1. The monoisotopic (exact) mass is 548 g/mol. The predicted octanol–water partition coefficient (Wildman–Crippen LogP) is 1.84. The van der Waals surface area contributed by atoms with Gasteiger partial charge in [-0.3, -0.25) is 9.59 Å². The third-order valence-electron chi connectivity index (χ3n) is 5.62. The molecule has 0 saturated carbocycles. The Morgan fingerprint density at radius 2 is 1.38 bits per heavy atom. The predicted molar refractivity (Wildman–Crippen MR) is 138 cm³/mol. The zero-order chi connectivity index (χ0) is 29.1. The first-order chi connectivity index (χ1) is 18.4. The van der Waals surface area contributed by atoms with Crippen LogP contribution >= 0.6 is 0 Å². The summed E-state index contributed by atoms with van der Waals surface area (Å²) in [5.41, 5.74) is 1.64. The molecule has 12 nitrogen and oxygen atoms in total. The summed E-state index contributed by atoms with van der Waals surface area (Å²) in [5, 5.41) is 3.45. The minimum atomic E-state index is -1.38. The van der Waals surface area contributed by atoms with Gasteiger partial charge in [0.15, 0.2) is 18.3 Å². The number of hydrogen-bond acceptors (Lipinski definition) is 10. The van der Waals surface area contributed by atoms with Crippen molar-refractivity contribution in [2.45, 2.75) is 65.4 Å². The molecule has 1 amide bonds. The fraction of sp³-hybridized carbons (Fsp3) is 0.519. The van der Waals surface area contributed by atoms with Gasteiger partial charge in [0.1, 0.15) is 12.6 Å². The Balaban J connectivity index is 2.01. The van der Waals surface area contributed by atoms with Gasteiger partial charge in [-0.2, -0.15) is 0 Å². The van der Waals surface area contributed by atoms with Crippen LogP contribution in [-0.2, 0) is 54.1 Å². The normalized spacial score (nSPS) is 14.1. The van der Waals surface area contributed by atoms with Crippen LogP contribution in [0.2, 0.25) is 0 Å². The fourth-order valence-electron chi connectivity index (χ4n) is 3.33. The molecule has 2 rings (SSSR count). The summed E-state index contributed by atoms with van der Waals surface area (Å²) in [6, 6.07) is 6.41. The summed E-state index contributed by atoms with van der Waals surface area (Å²) in [5.74, 6) is -4.42. The van der Waals surface area contributed by atoms with E-state index in [4.69, 9.17) is 23.7 Å². The molecule has 1 aromatic heterocycles. The minimum Gasteiger partial charge on any atom is -0.462 e. The zero-order valence-corrected chi connectivity index (χ0v) is 23.0. The number of carbonyl (C=O) groups excluding carboxylic acids is 5. The van der Waals surface area contributed by atoms with Crippen molar-refractivity contribution in [3.63, 3.8) is 0 Å². The maximum absolute atomic E-state index is 12.9. The fourth-order valence-corrected chi connectivity index (χ4v) is 3.33. The molecule has 1 heterocycles. The van der Waals surface area contributed by atoms with Crippen molar-refractivity contribution in [3.05, 3.63) is 36.0 Å². The largest absolute Gasteiger partial charge is 0.462 e. The number of benzene rings is 1. The van der Waals surface area contributed by atoms with Gasteiger partial charge in [0.25, 0.3) is 5.91 Å². The standard InChI is InChI=1S/C27H36N2O10/c1-15(2)24(31)38-17(4)26(33)39-18(5)25(32)37-16(3)23(30)29-22(27(34)36-12-11-35-6)13-19-14-28-21-10-8-7-9-20(19)21/h7-10,14-18,22,28H,11-13H2,1-6H3,(H,29,30). The Morgan fingerprint density at radius 3 is 2.00 bits per heavy atom. The number of methoxy groups -OCH3 is 1. The van der Waals surface area contributed by atoms with Crippen molar-refractivity contribution in [2.24, 2.45) is 5.92 Å². The molecule has 4 unspecified atom stereocenters. The summed E-state index contributed by atoms with van der Waals surface area (Å²) >= 11 is 0. The van der Waals surface area contributed by atoms with E-state index >= 15 is 0 Å². The van der Waals surface area contributed by atoms with Crippen LogP contribution in [0.1, 0.15) is 40.2 Å². The van der Waals surface area contributed by atoms with E-state index < -0.39 is 60.1 Å². The van der Waals surface area contributed by atoms with Gasteiger partial charge in [0.05, 0.1) is 12.5 Å². The van der Waals surface area contributed by atoms with Gasteiger partial charge >= 0.3 is 23.9 Å². The van der Waals surface area contributed by atoms with Gasteiger partial charge in [0.2, 0.25) is 0 Å². The molecule has 0 radical (unpaired) electrons. The lowest BCUT2D eigenvalue weighted by atomic mass is 10.0. The molecule has 214 valence electrons. The Morgan fingerprint density at radius 1 is 0.795 bits per heavy atom. The van der Waals surface area contributed by atoms with Gasteiger partial charge in [-0.15, -0.1) is 0 Å². The number of aromatic amines is 1. The highest BCUT2D eigenvalue weighted by atomic mass is 16.6. The third-order valence-corrected chi connectivity index (χ3v) is 5.62. The number of para-hydroxylation sites is 1. The number of H-pyrrole nitrogens is 1. The molecule has 1 aromatic carbocycles. The average Bonchev–Trinajstić information content (AvgIpc) is 3.30. The second-order valence-electron chi connectivity index (χ2n) is 9.18. The van der Waals surface area contributed by atoms with Gasteiger partial charge < -0.3 is 34.0 Å². The van der Waals surface area contributed by atoms with E-state index in [0.29, 0.717) is 0 Å². The maximum Gasteiger partial charge on any atom is 0.347 e. The molecule has 2 N–H and O–H groups in total. The van der Waals surface area contributed by atoms with Crippen molar-refractivity contribution in [1.82, 2.24) is 10.3 Å². The molecule has 0 aliphatic rings. The van der Waals surface area contributed by atoms with Crippen LogP contribution in [0.15, 0.2) is 30.5 Å². The summed E-state index contributed by atoms with van der Waals surface area (Å²) in [6.07, 6.45) is -2.08. The molecule has 39 heavy (non-hydrogen) atoms. The van der Waals surface area contributed by atoms with Gasteiger partial charge in [-0.05, 0) is 32.4 Å². The summed E-state index contributed by atoms with van der Waals surface area (Å²) in [7, 11) is 1.46. The van der Waals surface area contributed by atoms with Gasteiger partial charge in [-0.1, -0.05) is 32.0 Å². The second-order valence-corrected chi connectivity index (χ2v) is 9.18. The Bertz CT molecular complexity index is 1160. The molecule has 12 heteroatoms. The molecule has 0 spiro atoms. The van der Waals surface area contributed by atoms with Crippen molar-refractivity contribution in [3.8, 4) is 0 Å². The number of ether oxygens (including phenoxy) is 5. The van der Waals surface area contributed by atoms with Gasteiger partial charge in [0, 0.05) is 30.6 Å². The highest BCUT2D eigenvalue weighted by Gasteiger charge is 2.31. The number of amides is 1. The SMILES string of the molecule is COCCOC(=O)C(Cc1c[nH]c2ccccc12)NC(=O)C(C)OC(=O)C(C)OC(=O)C(C)OC(=O)C(C)C. The number of aromatic nitrogens is 1. The second kappa shape index (κ2) is 14.9. The molecule has 0 saturated heterocycles. The Kier molecular flexibility index (Phi) is 11.9. The van der Waals surface area contributed by atoms with E-state index in [9.17, 15) is 24.0 Å². The molecule has 2 aromatic rings. The molecule has 0 aliphatic heterocycles. The first kappa shape index (κ1) is 31.3. The number of hydrogen-bond donors (Lipinski definition) is 2. The Labute approximate surface area is 226 Å². The highest BCUT2D eigenvalue weighted by molar-refractivity contribution is 5.90. The van der Waals surface area contributed by atoms with Crippen LogP contribution in [0.5, 0.6) is 0 Å². The Hall–Kier alpha value is -3.93. The van der Waals surface area contributed by atoms with Crippen molar-refractivity contribution >= 4 is 40.7 Å². The van der Waals surface area contributed by atoms with E-state index in [1.807, 2.05) is 24.3 Å². The molecule has 4 atom stereocenters. The van der Waals surface area contributed by atoms with Crippen LogP contribution in [-0.4, -0.2) is 79.4 Å². The van der Waals surface area contributed by atoms with E-state index in [1.54, 1.807) is 20.0 Å². The molecular weight excluding hydrogens is 512 g/mol. The maximum atomic E-state index is 12.9. The summed E-state index contributed by atoms with van der Waals surface area (Å²) in [6.45, 7) is 7.28. The average molecular weight is 549 g/mol. The first-order valence-corrected chi connectivity index (χ1v) is 12.6. The first-order valence-electron chi connectivity index (χ1n) is 12.6. The smallest absolute Gasteiger partial charge is 0.347 e. The highest BCUT2D eigenvalue weighted by Crippen LogP contribution is 2.19. The van der Waals surface area contributed by atoms with Crippen LogP contribution in [0.3, 0.4) is 0 Å². The van der Waals surface area contributed by atoms with Crippen LogP contribution in [0.25, 0.3) is 10.9 Å². The van der Waals surface area contributed by atoms with Crippen molar-refractivity contribution < 1.29 is 47.7 Å². The van der Waals surface area contributed by atoms with E-state index in [2.05, 4.69) is 10.3 Å². The molecule has 0 fully saturated rings. The summed E-state index contributed by atoms with van der Waals surface area (Å²) in [4.78, 5) is 65.0. The van der Waals surface area contributed by atoms with Gasteiger partial charge in [-0.25, -0.2) is 14.4 Å². The van der Waals surface area contributed by atoms with Crippen LogP contribution in [0.4, 0.5) is 0 Å². The van der Waals surface area contributed by atoms with E-state index in [0.717, 1.165) is 16.5 Å². The molecular formula is C27H36N2O10. The topological polar surface area (TPSA) is 159 Å². The number of rotatable bonds is 14. The quantitative estimate of drug-likeness (QED) is 0.203. The van der Waals surface area contributed by atoms with Crippen LogP contribution < -0.4 is 5.32 Å². The number of carbonyl (C=O) groups is 5. The molecule has 0 aliphatic carbocycles. The third kappa shape index (κ3) is 9.40. The molecule has 0 bridgehead atoms. The number of esters is 4. The van der Waals surface area contributed by atoms with Crippen molar-refractivity contribution in [1.29, 1.82) is 0 Å². The van der Waals surface area contributed by atoms with E-state index in [-0.39, 0.29) is 19.6 Å². The lowest BCUT2D eigenvalue weighted by Gasteiger charge is -2.21. The lowest BCUT2D eigenvalue weighted by Crippen LogP contribution is -2.48. The number of nitrogens with one attached hydrogen (secondary N) is 2. The minimum absolute atomic E-state index is 0.00604. The lowest BCUT2D eigenvalue weighted by molar-refractivity contribution is -0.180. The summed E-state index contributed by atoms with van der Waals surface area (Å²) < 4.78 is 25.2. The zero-order valence-electron chi connectivity index (χ0n) is 23.0.